The van der Waals surface area contributed by atoms with Crippen molar-refractivity contribution in [2.24, 2.45) is 0 Å². The summed E-state index contributed by atoms with van der Waals surface area (Å²) in [6, 6.07) is 2.05. The summed E-state index contributed by atoms with van der Waals surface area (Å²) in [5.74, 6) is 0.780. The van der Waals surface area contributed by atoms with E-state index in [4.69, 9.17) is 4.74 Å². The third kappa shape index (κ3) is 3.27. The predicted octanol–water partition coefficient (Wildman–Crippen LogP) is 2.34. The predicted molar refractivity (Wildman–Crippen MR) is 75.5 cm³/mol. The summed E-state index contributed by atoms with van der Waals surface area (Å²) < 4.78 is 9.67. The standard InChI is InChI=1S/C13H18N4OS/c1-8(2)18-11-5-10(6-15-7-11)12(14-4)13-9(3)16-17-19-13/h5-8,12,14H,1-4H3. The lowest BCUT2D eigenvalue weighted by Gasteiger charge is -2.16. The van der Waals surface area contributed by atoms with E-state index in [-0.39, 0.29) is 12.1 Å². The van der Waals surface area contributed by atoms with Gasteiger partial charge in [0, 0.05) is 6.20 Å². The normalized spacial score (nSPS) is 12.7. The number of nitrogens with zero attached hydrogens (tertiary/aromatic N) is 3. The quantitative estimate of drug-likeness (QED) is 0.909. The molecule has 102 valence electrons. The molecule has 2 rings (SSSR count). The Kier molecular flexibility index (Phi) is 4.44. The summed E-state index contributed by atoms with van der Waals surface area (Å²) in [6.07, 6.45) is 3.71. The number of pyridine rings is 1. The number of hydrogen-bond donors (Lipinski definition) is 1. The van der Waals surface area contributed by atoms with Gasteiger partial charge in [-0.25, -0.2) is 0 Å². The van der Waals surface area contributed by atoms with Crippen LogP contribution in [0.1, 0.15) is 36.0 Å². The molecule has 0 amide bonds. The van der Waals surface area contributed by atoms with Crippen molar-refractivity contribution in [2.45, 2.75) is 32.9 Å². The number of hydrogen-bond acceptors (Lipinski definition) is 6. The molecule has 0 bridgehead atoms. The van der Waals surface area contributed by atoms with E-state index in [1.54, 1.807) is 6.20 Å². The van der Waals surface area contributed by atoms with Gasteiger partial charge < -0.3 is 10.1 Å². The second kappa shape index (κ2) is 6.08. The lowest BCUT2D eigenvalue weighted by atomic mass is 10.1. The molecule has 0 saturated carbocycles. The Morgan fingerprint density at radius 1 is 1.32 bits per heavy atom. The molecule has 0 aliphatic rings. The van der Waals surface area contributed by atoms with Crippen LogP contribution in [0.15, 0.2) is 18.5 Å². The molecule has 0 fully saturated rings. The van der Waals surface area contributed by atoms with Gasteiger partial charge in [0.05, 0.1) is 28.9 Å². The molecule has 0 spiro atoms. The molecule has 1 unspecified atom stereocenters. The Morgan fingerprint density at radius 2 is 2.11 bits per heavy atom. The van der Waals surface area contributed by atoms with Crippen LogP contribution in [0.3, 0.4) is 0 Å². The summed E-state index contributed by atoms with van der Waals surface area (Å²) >= 11 is 1.40. The van der Waals surface area contributed by atoms with Crippen molar-refractivity contribution >= 4 is 11.5 Å². The second-order valence-corrected chi connectivity index (χ2v) is 5.35. The number of rotatable bonds is 5. The van der Waals surface area contributed by atoms with E-state index < -0.39 is 0 Å². The Morgan fingerprint density at radius 3 is 2.68 bits per heavy atom. The fourth-order valence-electron chi connectivity index (χ4n) is 1.88. The zero-order valence-electron chi connectivity index (χ0n) is 11.5. The van der Waals surface area contributed by atoms with E-state index in [9.17, 15) is 0 Å². The molecule has 19 heavy (non-hydrogen) atoms. The van der Waals surface area contributed by atoms with Crippen LogP contribution >= 0.6 is 11.5 Å². The van der Waals surface area contributed by atoms with Gasteiger partial charge in [-0.2, -0.15) is 0 Å². The van der Waals surface area contributed by atoms with E-state index in [2.05, 4.69) is 19.9 Å². The average Bonchev–Trinajstić information content (AvgIpc) is 2.77. The van der Waals surface area contributed by atoms with Gasteiger partial charge in [0.25, 0.3) is 0 Å². The highest BCUT2D eigenvalue weighted by molar-refractivity contribution is 7.05. The monoisotopic (exact) mass is 278 g/mol. The molecule has 0 aliphatic carbocycles. The van der Waals surface area contributed by atoms with Crippen molar-refractivity contribution in [3.05, 3.63) is 34.6 Å². The van der Waals surface area contributed by atoms with Gasteiger partial charge in [-0.05, 0) is 51.0 Å². The summed E-state index contributed by atoms with van der Waals surface area (Å²) in [4.78, 5) is 5.35. The maximum Gasteiger partial charge on any atom is 0.138 e. The summed E-state index contributed by atoms with van der Waals surface area (Å²) in [5.41, 5.74) is 1.99. The lowest BCUT2D eigenvalue weighted by molar-refractivity contribution is 0.241. The van der Waals surface area contributed by atoms with Gasteiger partial charge in [-0.15, -0.1) is 5.10 Å². The minimum atomic E-state index is 0.0446. The van der Waals surface area contributed by atoms with Crippen LogP contribution in [0.5, 0.6) is 5.75 Å². The zero-order valence-corrected chi connectivity index (χ0v) is 12.4. The second-order valence-electron chi connectivity index (χ2n) is 4.56. The third-order valence-electron chi connectivity index (χ3n) is 2.68. The van der Waals surface area contributed by atoms with Gasteiger partial charge in [0.15, 0.2) is 0 Å². The Balaban J connectivity index is 2.31. The Bertz CT molecular complexity index is 541. The molecule has 1 atom stereocenters. The van der Waals surface area contributed by atoms with Crippen LogP contribution in [-0.2, 0) is 0 Å². The fraction of sp³-hybridized carbons (Fsp3) is 0.462. The van der Waals surface area contributed by atoms with E-state index in [1.165, 1.54) is 11.5 Å². The molecule has 0 aromatic carbocycles. The van der Waals surface area contributed by atoms with Crippen LogP contribution in [0, 0.1) is 6.92 Å². The minimum Gasteiger partial charge on any atom is -0.489 e. The van der Waals surface area contributed by atoms with Crippen LogP contribution < -0.4 is 10.1 Å². The van der Waals surface area contributed by atoms with Crippen molar-refractivity contribution in [3.63, 3.8) is 0 Å². The molecule has 2 heterocycles. The fourth-order valence-corrected chi connectivity index (χ4v) is 2.67. The van der Waals surface area contributed by atoms with E-state index in [0.29, 0.717) is 0 Å². The van der Waals surface area contributed by atoms with Crippen LogP contribution in [0.25, 0.3) is 0 Å². The van der Waals surface area contributed by atoms with Gasteiger partial charge in [-0.1, -0.05) is 4.49 Å². The highest BCUT2D eigenvalue weighted by Gasteiger charge is 2.18. The van der Waals surface area contributed by atoms with E-state index in [0.717, 1.165) is 21.9 Å². The SMILES string of the molecule is CNC(c1cncc(OC(C)C)c1)c1snnc1C. The number of ether oxygens (including phenoxy) is 1. The molecule has 5 nitrogen and oxygen atoms in total. The number of aryl methyl sites for hydroxylation is 1. The number of aromatic nitrogens is 3. The van der Waals surface area contributed by atoms with E-state index in [1.807, 2.05) is 40.1 Å². The topological polar surface area (TPSA) is 59.9 Å². The first-order valence-corrected chi connectivity index (χ1v) is 6.97. The molecule has 6 heteroatoms. The molecular weight excluding hydrogens is 260 g/mol. The van der Waals surface area contributed by atoms with Crippen molar-refractivity contribution < 1.29 is 4.74 Å². The van der Waals surface area contributed by atoms with Gasteiger partial charge in [0.2, 0.25) is 0 Å². The highest BCUT2D eigenvalue weighted by atomic mass is 32.1. The summed E-state index contributed by atoms with van der Waals surface area (Å²) in [7, 11) is 1.92. The molecule has 0 aliphatic heterocycles. The van der Waals surface area contributed by atoms with Gasteiger partial charge in [-0.3, -0.25) is 4.98 Å². The van der Waals surface area contributed by atoms with Crippen LogP contribution in [-0.4, -0.2) is 27.7 Å². The summed E-state index contributed by atoms with van der Waals surface area (Å²) in [5, 5.41) is 7.34. The highest BCUT2D eigenvalue weighted by Crippen LogP contribution is 2.28. The number of nitrogens with one attached hydrogen (secondary N) is 1. The molecular formula is C13H18N4OS. The van der Waals surface area contributed by atoms with Crippen molar-refractivity contribution in [2.75, 3.05) is 7.05 Å². The van der Waals surface area contributed by atoms with E-state index >= 15 is 0 Å². The smallest absolute Gasteiger partial charge is 0.138 e. The van der Waals surface area contributed by atoms with Crippen molar-refractivity contribution in [1.29, 1.82) is 0 Å². The largest absolute Gasteiger partial charge is 0.489 e. The molecule has 2 aromatic rings. The maximum atomic E-state index is 5.68. The van der Waals surface area contributed by atoms with Gasteiger partial charge >= 0.3 is 0 Å². The Hall–Kier alpha value is -1.53. The molecule has 1 N–H and O–H groups in total. The van der Waals surface area contributed by atoms with Gasteiger partial charge in [0.1, 0.15) is 5.75 Å². The third-order valence-corrected chi connectivity index (χ3v) is 3.57. The minimum absolute atomic E-state index is 0.0446. The zero-order chi connectivity index (χ0) is 13.8. The molecule has 2 aromatic heterocycles. The molecule has 0 radical (unpaired) electrons. The van der Waals surface area contributed by atoms with Crippen LogP contribution in [0.2, 0.25) is 0 Å². The average molecular weight is 278 g/mol. The van der Waals surface area contributed by atoms with Crippen molar-refractivity contribution in [3.8, 4) is 5.75 Å². The Labute approximate surface area is 117 Å². The first-order valence-electron chi connectivity index (χ1n) is 6.19. The van der Waals surface area contributed by atoms with Crippen LogP contribution in [0.4, 0.5) is 0 Å². The van der Waals surface area contributed by atoms with Crippen molar-refractivity contribution in [1.82, 2.24) is 19.9 Å². The first kappa shape index (κ1) is 13.9. The summed E-state index contributed by atoms with van der Waals surface area (Å²) in [6.45, 7) is 5.96. The molecule has 0 saturated heterocycles. The lowest BCUT2D eigenvalue weighted by Crippen LogP contribution is -2.18. The maximum absolute atomic E-state index is 5.68. The first-order chi connectivity index (χ1) is 9.11.